The SMILES string of the molecule is CCNc1cc(Nc2cc(Cl)ccc2Cl)nc(COC)n1. The largest absolute Gasteiger partial charge is 0.377 e. The molecule has 2 rings (SSSR count). The monoisotopic (exact) mass is 326 g/mol. The van der Waals surface area contributed by atoms with Crippen molar-refractivity contribution >= 4 is 40.5 Å². The molecular formula is C14H16Cl2N4O. The summed E-state index contributed by atoms with van der Waals surface area (Å²) in [6.07, 6.45) is 0. The third-order valence-corrected chi connectivity index (χ3v) is 3.16. The fourth-order valence-electron chi connectivity index (χ4n) is 1.76. The molecule has 0 saturated carbocycles. The fraction of sp³-hybridized carbons (Fsp3) is 0.286. The third-order valence-electron chi connectivity index (χ3n) is 2.59. The lowest BCUT2D eigenvalue weighted by molar-refractivity contribution is 0.178. The van der Waals surface area contributed by atoms with Gasteiger partial charge in [0.05, 0.1) is 10.7 Å². The van der Waals surface area contributed by atoms with Crippen LogP contribution < -0.4 is 10.6 Å². The van der Waals surface area contributed by atoms with Crippen molar-refractivity contribution < 1.29 is 4.74 Å². The summed E-state index contributed by atoms with van der Waals surface area (Å²) < 4.78 is 5.08. The summed E-state index contributed by atoms with van der Waals surface area (Å²) >= 11 is 12.1. The van der Waals surface area contributed by atoms with Crippen molar-refractivity contribution in [2.45, 2.75) is 13.5 Å². The van der Waals surface area contributed by atoms with Crippen LogP contribution in [0, 0.1) is 0 Å². The molecule has 5 nitrogen and oxygen atoms in total. The highest BCUT2D eigenvalue weighted by Crippen LogP contribution is 2.28. The average Bonchev–Trinajstić information content (AvgIpc) is 2.43. The van der Waals surface area contributed by atoms with E-state index in [-0.39, 0.29) is 0 Å². The third kappa shape index (κ3) is 4.46. The first kappa shape index (κ1) is 15.8. The second-order valence-corrected chi connectivity index (χ2v) is 5.11. The van der Waals surface area contributed by atoms with Crippen molar-refractivity contribution in [3.63, 3.8) is 0 Å². The number of halogens is 2. The molecule has 0 aliphatic rings. The Morgan fingerprint density at radius 3 is 2.62 bits per heavy atom. The molecule has 1 aromatic heterocycles. The van der Waals surface area contributed by atoms with Crippen LogP contribution in [0.3, 0.4) is 0 Å². The van der Waals surface area contributed by atoms with E-state index in [0.29, 0.717) is 34.0 Å². The van der Waals surface area contributed by atoms with Gasteiger partial charge in [0.25, 0.3) is 0 Å². The zero-order valence-electron chi connectivity index (χ0n) is 11.8. The van der Waals surface area contributed by atoms with Crippen LogP contribution in [0.15, 0.2) is 24.3 Å². The summed E-state index contributed by atoms with van der Waals surface area (Å²) in [7, 11) is 1.60. The summed E-state index contributed by atoms with van der Waals surface area (Å²) in [5, 5.41) is 7.46. The Kier molecular flexibility index (Phi) is 5.61. The van der Waals surface area contributed by atoms with Crippen LogP contribution in [0.25, 0.3) is 0 Å². The van der Waals surface area contributed by atoms with Gasteiger partial charge in [-0.05, 0) is 25.1 Å². The molecule has 0 fully saturated rings. The van der Waals surface area contributed by atoms with E-state index >= 15 is 0 Å². The Hall–Kier alpha value is -1.56. The molecule has 0 amide bonds. The van der Waals surface area contributed by atoms with Crippen LogP contribution in [0.5, 0.6) is 0 Å². The molecule has 0 unspecified atom stereocenters. The second kappa shape index (κ2) is 7.45. The molecule has 21 heavy (non-hydrogen) atoms. The van der Waals surface area contributed by atoms with E-state index in [9.17, 15) is 0 Å². The van der Waals surface area contributed by atoms with Crippen molar-refractivity contribution in [2.24, 2.45) is 0 Å². The van der Waals surface area contributed by atoms with E-state index in [1.807, 2.05) is 6.92 Å². The summed E-state index contributed by atoms with van der Waals surface area (Å²) in [4.78, 5) is 8.73. The number of rotatable bonds is 6. The van der Waals surface area contributed by atoms with Gasteiger partial charge in [-0.2, -0.15) is 0 Å². The normalized spacial score (nSPS) is 10.5. The van der Waals surface area contributed by atoms with Crippen LogP contribution in [0.1, 0.15) is 12.7 Å². The Bertz CT molecular complexity index is 598. The number of ether oxygens (including phenoxy) is 1. The molecule has 2 N–H and O–H groups in total. The molecule has 112 valence electrons. The van der Waals surface area contributed by atoms with Gasteiger partial charge in [-0.25, -0.2) is 9.97 Å². The number of hydrogen-bond donors (Lipinski definition) is 2. The standard InChI is InChI=1S/C14H16Cl2N4O/c1-3-17-12-7-13(20-14(19-12)8-21-2)18-11-6-9(15)4-5-10(11)16/h4-7H,3,8H2,1-2H3,(H2,17,18,19,20). The molecule has 1 heterocycles. The van der Waals surface area contributed by atoms with E-state index in [4.69, 9.17) is 27.9 Å². The van der Waals surface area contributed by atoms with E-state index in [0.717, 1.165) is 12.4 Å². The zero-order valence-corrected chi connectivity index (χ0v) is 13.3. The van der Waals surface area contributed by atoms with Crippen LogP contribution in [-0.2, 0) is 11.3 Å². The highest BCUT2D eigenvalue weighted by Gasteiger charge is 2.07. The van der Waals surface area contributed by atoms with Gasteiger partial charge in [0.1, 0.15) is 18.2 Å². The summed E-state index contributed by atoms with van der Waals surface area (Å²) in [5.74, 6) is 1.92. The van der Waals surface area contributed by atoms with Gasteiger partial charge in [0, 0.05) is 24.7 Å². The van der Waals surface area contributed by atoms with Crippen molar-refractivity contribution in [1.29, 1.82) is 0 Å². The minimum Gasteiger partial charge on any atom is -0.377 e. The number of nitrogens with zero attached hydrogens (tertiary/aromatic N) is 2. The minimum atomic E-state index is 0.331. The molecular weight excluding hydrogens is 311 g/mol. The molecule has 0 radical (unpaired) electrons. The van der Waals surface area contributed by atoms with E-state index < -0.39 is 0 Å². The molecule has 0 aliphatic heterocycles. The Labute approximate surface area is 133 Å². The van der Waals surface area contributed by atoms with E-state index in [2.05, 4.69) is 20.6 Å². The Morgan fingerprint density at radius 1 is 1.14 bits per heavy atom. The Balaban J connectivity index is 2.31. The molecule has 0 bridgehead atoms. The molecule has 1 aromatic carbocycles. The van der Waals surface area contributed by atoms with Crippen LogP contribution >= 0.6 is 23.2 Å². The number of anilines is 3. The van der Waals surface area contributed by atoms with Gasteiger partial charge in [-0.3, -0.25) is 0 Å². The fourth-order valence-corrected chi connectivity index (χ4v) is 2.09. The van der Waals surface area contributed by atoms with E-state index in [1.165, 1.54) is 0 Å². The predicted octanol–water partition coefficient (Wildman–Crippen LogP) is 4.11. The maximum Gasteiger partial charge on any atom is 0.158 e. The van der Waals surface area contributed by atoms with Crippen molar-refractivity contribution in [1.82, 2.24) is 9.97 Å². The molecule has 0 spiro atoms. The van der Waals surface area contributed by atoms with Crippen molar-refractivity contribution in [3.8, 4) is 0 Å². The highest BCUT2D eigenvalue weighted by molar-refractivity contribution is 6.35. The zero-order chi connectivity index (χ0) is 15.2. The lowest BCUT2D eigenvalue weighted by Gasteiger charge is -2.11. The van der Waals surface area contributed by atoms with Gasteiger partial charge in [0.2, 0.25) is 0 Å². The van der Waals surface area contributed by atoms with Crippen molar-refractivity contribution in [2.75, 3.05) is 24.3 Å². The minimum absolute atomic E-state index is 0.331. The quantitative estimate of drug-likeness (QED) is 0.836. The van der Waals surface area contributed by atoms with Gasteiger partial charge in [-0.15, -0.1) is 0 Å². The van der Waals surface area contributed by atoms with Gasteiger partial charge in [-0.1, -0.05) is 23.2 Å². The summed E-state index contributed by atoms with van der Waals surface area (Å²) in [6.45, 7) is 3.09. The number of hydrogen-bond acceptors (Lipinski definition) is 5. The Morgan fingerprint density at radius 2 is 1.90 bits per heavy atom. The molecule has 0 saturated heterocycles. The van der Waals surface area contributed by atoms with Crippen LogP contribution in [-0.4, -0.2) is 23.6 Å². The number of methoxy groups -OCH3 is 1. The van der Waals surface area contributed by atoms with Gasteiger partial charge in [0.15, 0.2) is 5.82 Å². The number of benzene rings is 1. The summed E-state index contributed by atoms with van der Waals surface area (Å²) in [5.41, 5.74) is 0.689. The smallest absolute Gasteiger partial charge is 0.158 e. The molecule has 0 aliphatic carbocycles. The second-order valence-electron chi connectivity index (χ2n) is 4.27. The maximum absolute atomic E-state index is 6.14. The molecule has 7 heteroatoms. The average molecular weight is 327 g/mol. The molecule has 2 aromatic rings. The van der Waals surface area contributed by atoms with Crippen LogP contribution in [0.4, 0.5) is 17.3 Å². The first-order valence-corrected chi connectivity index (χ1v) is 7.20. The lowest BCUT2D eigenvalue weighted by Crippen LogP contribution is -2.07. The highest BCUT2D eigenvalue weighted by atomic mass is 35.5. The first-order chi connectivity index (χ1) is 10.1. The van der Waals surface area contributed by atoms with Gasteiger partial charge < -0.3 is 15.4 Å². The maximum atomic E-state index is 6.14. The molecule has 0 atom stereocenters. The predicted molar refractivity (Wildman–Crippen MR) is 86.7 cm³/mol. The first-order valence-electron chi connectivity index (χ1n) is 6.45. The number of nitrogens with one attached hydrogen (secondary N) is 2. The van der Waals surface area contributed by atoms with Crippen molar-refractivity contribution in [3.05, 3.63) is 40.1 Å². The lowest BCUT2D eigenvalue weighted by atomic mass is 10.3. The number of aromatic nitrogens is 2. The topological polar surface area (TPSA) is 59.1 Å². The summed E-state index contributed by atoms with van der Waals surface area (Å²) in [6, 6.07) is 7.01. The van der Waals surface area contributed by atoms with Crippen LogP contribution in [0.2, 0.25) is 10.0 Å². The van der Waals surface area contributed by atoms with E-state index in [1.54, 1.807) is 31.4 Å². The van der Waals surface area contributed by atoms with Gasteiger partial charge >= 0.3 is 0 Å².